The number of hydrogen-bond acceptors (Lipinski definition) is 5. The first-order valence-corrected chi connectivity index (χ1v) is 9.13. The second kappa shape index (κ2) is 5.12. The number of rotatable bonds is 3. The fraction of sp³-hybridized carbons (Fsp3) is 0.200. The van der Waals surface area contributed by atoms with Gasteiger partial charge in [0, 0.05) is 6.54 Å². The Morgan fingerprint density at radius 2 is 1.86 bits per heavy atom. The number of aromatic nitrogens is 2. The van der Waals surface area contributed by atoms with Gasteiger partial charge in [-0.25, -0.2) is 8.42 Å². The van der Waals surface area contributed by atoms with Crippen LogP contribution in [0.2, 0.25) is 0 Å². The van der Waals surface area contributed by atoms with Crippen molar-refractivity contribution in [3.05, 3.63) is 54.1 Å². The van der Waals surface area contributed by atoms with Crippen molar-refractivity contribution in [3.63, 3.8) is 0 Å². The molecule has 5 nitrogen and oxygen atoms in total. The van der Waals surface area contributed by atoms with E-state index in [2.05, 4.69) is 8.75 Å². The van der Waals surface area contributed by atoms with Crippen LogP contribution in [0.4, 0.5) is 0 Å². The Balaban J connectivity index is 1.77. The number of sulfonamides is 1. The smallest absolute Gasteiger partial charge is 0.207 e. The van der Waals surface area contributed by atoms with E-state index in [0.717, 1.165) is 23.7 Å². The van der Waals surface area contributed by atoms with Crippen molar-refractivity contribution >= 4 is 32.8 Å². The predicted molar refractivity (Wildman–Crippen MR) is 85.1 cm³/mol. The van der Waals surface area contributed by atoms with Crippen molar-refractivity contribution in [2.75, 3.05) is 6.54 Å². The highest BCUT2D eigenvalue weighted by Gasteiger charge is 2.40. The van der Waals surface area contributed by atoms with Crippen molar-refractivity contribution in [2.24, 2.45) is 0 Å². The average Bonchev–Trinajstić information content (AvgIpc) is 2.94. The second-order valence-corrected chi connectivity index (χ2v) is 7.61. The minimum absolute atomic E-state index is 0.0898. The van der Waals surface area contributed by atoms with Gasteiger partial charge in [0.15, 0.2) is 0 Å². The lowest BCUT2D eigenvalue weighted by Crippen LogP contribution is -2.45. The fourth-order valence-electron chi connectivity index (χ4n) is 2.78. The van der Waals surface area contributed by atoms with E-state index in [1.807, 2.05) is 30.3 Å². The molecule has 1 aliphatic heterocycles. The second-order valence-electron chi connectivity index (χ2n) is 5.22. The van der Waals surface area contributed by atoms with Crippen LogP contribution in [0.3, 0.4) is 0 Å². The van der Waals surface area contributed by atoms with Gasteiger partial charge in [0.25, 0.3) is 0 Å². The van der Waals surface area contributed by atoms with Gasteiger partial charge in [-0.05, 0) is 24.1 Å². The van der Waals surface area contributed by atoms with Crippen molar-refractivity contribution in [1.29, 1.82) is 0 Å². The van der Waals surface area contributed by atoms with E-state index in [4.69, 9.17) is 0 Å². The molecule has 0 saturated carbocycles. The molecule has 0 bridgehead atoms. The largest absolute Gasteiger partial charge is 0.245 e. The summed E-state index contributed by atoms with van der Waals surface area (Å²) < 4.78 is 35.8. The van der Waals surface area contributed by atoms with E-state index >= 15 is 0 Å². The highest BCUT2D eigenvalue weighted by Crippen LogP contribution is 2.39. The summed E-state index contributed by atoms with van der Waals surface area (Å²) >= 11 is 1.03. The summed E-state index contributed by atoms with van der Waals surface area (Å²) in [5, 5.41) is 0. The summed E-state index contributed by atoms with van der Waals surface area (Å²) in [4.78, 5) is 0.249. The van der Waals surface area contributed by atoms with Gasteiger partial charge in [0.2, 0.25) is 10.0 Å². The summed E-state index contributed by atoms with van der Waals surface area (Å²) in [5.74, 6) is 0. The van der Waals surface area contributed by atoms with Crippen LogP contribution >= 0.6 is 11.7 Å². The molecular formula is C15H13N3O2S2. The first-order chi connectivity index (χ1) is 10.7. The van der Waals surface area contributed by atoms with Crippen LogP contribution in [0, 0.1) is 0 Å². The topological polar surface area (TPSA) is 63.2 Å². The molecule has 1 saturated heterocycles. The summed E-state index contributed by atoms with van der Waals surface area (Å²) in [6.07, 6.45) is 0.842. The molecule has 0 amide bonds. The van der Waals surface area contributed by atoms with Gasteiger partial charge < -0.3 is 0 Å². The molecule has 1 atom stereocenters. The maximum Gasteiger partial charge on any atom is 0.245 e. The van der Waals surface area contributed by atoms with E-state index in [1.165, 1.54) is 0 Å². The Bertz CT molecular complexity index is 922. The molecule has 2 aromatic carbocycles. The minimum atomic E-state index is -3.56. The maximum absolute atomic E-state index is 13.0. The zero-order valence-electron chi connectivity index (χ0n) is 11.6. The van der Waals surface area contributed by atoms with E-state index in [0.29, 0.717) is 17.6 Å². The van der Waals surface area contributed by atoms with Crippen molar-refractivity contribution < 1.29 is 8.42 Å². The lowest BCUT2D eigenvalue weighted by atomic mass is 9.98. The molecule has 3 aromatic rings. The SMILES string of the molecule is O=S(=O)(c1cccc2nsnc12)N1CCC1c1ccccc1. The zero-order valence-corrected chi connectivity index (χ0v) is 13.2. The van der Waals surface area contributed by atoms with Crippen molar-refractivity contribution in [2.45, 2.75) is 17.4 Å². The molecule has 0 N–H and O–H groups in total. The molecule has 1 fully saturated rings. The fourth-order valence-corrected chi connectivity index (χ4v) is 5.19. The molecule has 0 radical (unpaired) electrons. The molecule has 1 aromatic heterocycles. The first kappa shape index (κ1) is 13.8. The average molecular weight is 331 g/mol. The lowest BCUT2D eigenvalue weighted by molar-refractivity contribution is 0.202. The molecule has 112 valence electrons. The van der Waals surface area contributed by atoms with Crippen LogP contribution in [0.15, 0.2) is 53.4 Å². The van der Waals surface area contributed by atoms with E-state index in [-0.39, 0.29) is 10.9 Å². The van der Waals surface area contributed by atoms with E-state index in [1.54, 1.807) is 22.5 Å². The van der Waals surface area contributed by atoms with Gasteiger partial charge >= 0.3 is 0 Å². The van der Waals surface area contributed by atoms with Gasteiger partial charge in [0.1, 0.15) is 15.9 Å². The molecule has 7 heteroatoms. The Hall–Kier alpha value is -1.83. The van der Waals surface area contributed by atoms with Gasteiger partial charge in [0.05, 0.1) is 17.8 Å². The van der Waals surface area contributed by atoms with Crippen LogP contribution in [0.5, 0.6) is 0 Å². The summed E-state index contributed by atoms with van der Waals surface area (Å²) in [7, 11) is -3.56. The third kappa shape index (κ3) is 2.05. The normalized spacial score (nSPS) is 19.2. The van der Waals surface area contributed by atoms with E-state index < -0.39 is 10.0 Å². The summed E-state index contributed by atoms with van der Waals surface area (Å²) in [5.41, 5.74) is 2.12. The van der Waals surface area contributed by atoms with Crippen LogP contribution in [-0.2, 0) is 10.0 Å². The quantitative estimate of drug-likeness (QED) is 0.740. The van der Waals surface area contributed by atoms with Crippen molar-refractivity contribution in [3.8, 4) is 0 Å². The molecule has 4 rings (SSSR count). The first-order valence-electron chi connectivity index (χ1n) is 6.96. The summed E-state index contributed by atoms with van der Waals surface area (Å²) in [6.45, 7) is 0.538. The van der Waals surface area contributed by atoms with Gasteiger partial charge in [-0.2, -0.15) is 13.1 Å². The third-order valence-corrected chi connectivity index (χ3v) is 6.47. The van der Waals surface area contributed by atoms with Crippen LogP contribution in [0.1, 0.15) is 18.0 Å². The number of benzene rings is 2. The van der Waals surface area contributed by atoms with Gasteiger partial charge in [-0.15, -0.1) is 0 Å². The molecule has 0 aliphatic carbocycles. The van der Waals surface area contributed by atoms with Crippen LogP contribution in [-0.4, -0.2) is 28.0 Å². The van der Waals surface area contributed by atoms with Gasteiger partial charge in [-0.3, -0.25) is 0 Å². The molecule has 1 aliphatic rings. The minimum Gasteiger partial charge on any atom is -0.207 e. The lowest BCUT2D eigenvalue weighted by Gasteiger charge is -2.39. The highest BCUT2D eigenvalue weighted by molar-refractivity contribution is 7.89. The molecule has 22 heavy (non-hydrogen) atoms. The van der Waals surface area contributed by atoms with Crippen molar-refractivity contribution in [1.82, 2.24) is 13.1 Å². The van der Waals surface area contributed by atoms with Crippen LogP contribution in [0.25, 0.3) is 11.0 Å². The molecule has 0 spiro atoms. The van der Waals surface area contributed by atoms with Gasteiger partial charge in [-0.1, -0.05) is 36.4 Å². The number of hydrogen-bond donors (Lipinski definition) is 0. The standard InChI is InChI=1S/C15H13N3O2S2/c19-22(20,14-8-4-7-12-15(14)17-21-16-12)18-10-9-13(18)11-5-2-1-3-6-11/h1-8,13H,9-10H2. The predicted octanol–water partition coefficient (Wildman–Crippen LogP) is 2.83. The molecule has 1 unspecified atom stereocenters. The summed E-state index contributed by atoms with van der Waals surface area (Å²) in [6, 6.07) is 14.8. The third-order valence-electron chi connectivity index (χ3n) is 3.99. The number of fused-ring (bicyclic) bond motifs is 1. The molecule has 2 heterocycles. The zero-order chi connectivity index (χ0) is 15.2. The maximum atomic E-state index is 13.0. The van der Waals surface area contributed by atoms with Crippen LogP contribution < -0.4 is 0 Å². The highest BCUT2D eigenvalue weighted by atomic mass is 32.2. The van der Waals surface area contributed by atoms with E-state index in [9.17, 15) is 8.42 Å². The Morgan fingerprint density at radius 3 is 2.59 bits per heavy atom. The monoisotopic (exact) mass is 331 g/mol. The Labute approximate surface area is 132 Å². The number of nitrogens with zero attached hydrogens (tertiary/aromatic N) is 3. The Kier molecular flexibility index (Phi) is 3.21. The molecular weight excluding hydrogens is 318 g/mol. The Morgan fingerprint density at radius 1 is 1.05 bits per heavy atom.